The molecule has 2 unspecified atom stereocenters. The average molecular weight is 282 g/mol. The van der Waals surface area contributed by atoms with E-state index in [1.807, 2.05) is 7.11 Å². The van der Waals surface area contributed by atoms with Gasteiger partial charge in [0.05, 0.1) is 6.10 Å². The molecule has 1 aliphatic carbocycles. The van der Waals surface area contributed by atoms with Crippen LogP contribution in [0, 0.1) is 11.3 Å². The number of hydrogen-bond donors (Lipinski definition) is 1. The molecule has 1 aliphatic heterocycles. The molecule has 20 heavy (non-hydrogen) atoms. The van der Waals surface area contributed by atoms with Crippen molar-refractivity contribution < 1.29 is 4.74 Å². The summed E-state index contributed by atoms with van der Waals surface area (Å²) in [7, 11) is 1.87. The zero-order valence-electron chi connectivity index (χ0n) is 13.8. The Kier molecular flexibility index (Phi) is 6.31. The van der Waals surface area contributed by atoms with Gasteiger partial charge in [-0.05, 0) is 43.7 Å². The quantitative estimate of drug-likeness (QED) is 0.811. The van der Waals surface area contributed by atoms with Crippen molar-refractivity contribution in [3.63, 3.8) is 0 Å². The first-order valence-corrected chi connectivity index (χ1v) is 8.65. The van der Waals surface area contributed by atoms with Gasteiger partial charge in [-0.2, -0.15) is 0 Å². The number of hydrogen-bond acceptors (Lipinski definition) is 3. The molecule has 0 aromatic carbocycles. The first-order chi connectivity index (χ1) is 9.69. The van der Waals surface area contributed by atoms with E-state index in [0.29, 0.717) is 17.4 Å². The largest absolute Gasteiger partial charge is 0.380 e. The molecule has 0 radical (unpaired) electrons. The zero-order chi connectivity index (χ0) is 14.4. The molecule has 118 valence electrons. The Bertz CT molecular complexity index is 276. The van der Waals surface area contributed by atoms with Crippen LogP contribution in [0.3, 0.4) is 0 Å². The summed E-state index contributed by atoms with van der Waals surface area (Å²) in [5, 5.41) is 3.62. The molecule has 3 heteroatoms. The van der Waals surface area contributed by atoms with E-state index in [1.54, 1.807) is 0 Å². The van der Waals surface area contributed by atoms with E-state index in [2.05, 4.69) is 24.1 Å². The summed E-state index contributed by atoms with van der Waals surface area (Å²) >= 11 is 0. The van der Waals surface area contributed by atoms with Crippen molar-refractivity contribution >= 4 is 0 Å². The second kappa shape index (κ2) is 7.77. The summed E-state index contributed by atoms with van der Waals surface area (Å²) in [4.78, 5) is 2.68. The van der Waals surface area contributed by atoms with Crippen LogP contribution in [0.4, 0.5) is 0 Å². The van der Waals surface area contributed by atoms with Crippen molar-refractivity contribution in [2.75, 3.05) is 39.8 Å². The van der Waals surface area contributed by atoms with Gasteiger partial charge in [0.1, 0.15) is 0 Å². The van der Waals surface area contributed by atoms with Crippen LogP contribution in [0.15, 0.2) is 0 Å². The molecule has 2 fully saturated rings. The molecule has 0 aromatic rings. The van der Waals surface area contributed by atoms with Gasteiger partial charge >= 0.3 is 0 Å². The monoisotopic (exact) mass is 282 g/mol. The molecule has 1 N–H and O–H groups in total. The fourth-order valence-electron chi connectivity index (χ4n) is 4.11. The normalized spacial score (nSPS) is 31.4. The summed E-state index contributed by atoms with van der Waals surface area (Å²) in [6.07, 6.45) is 8.81. The first kappa shape index (κ1) is 16.3. The third-order valence-electron chi connectivity index (χ3n) is 5.50. The Morgan fingerprint density at radius 1 is 1.25 bits per heavy atom. The number of rotatable bonds is 6. The van der Waals surface area contributed by atoms with Crippen molar-refractivity contribution in [3.8, 4) is 0 Å². The van der Waals surface area contributed by atoms with E-state index in [-0.39, 0.29) is 0 Å². The van der Waals surface area contributed by atoms with Crippen LogP contribution < -0.4 is 5.32 Å². The Labute approximate surface area is 125 Å². The minimum Gasteiger partial charge on any atom is -0.380 e. The lowest BCUT2D eigenvalue weighted by atomic mass is 9.73. The molecule has 2 rings (SSSR count). The Morgan fingerprint density at radius 2 is 2.00 bits per heavy atom. The van der Waals surface area contributed by atoms with Crippen LogP contribution >= 0.6 is 0 Å². The van der Waals surface area contributed by atoms with Gasteiger partial charge in [-0.3, -0.25) is 0 Å². The predicted molar refractivity (Wildman–Crippen MR) is 85.1 cm³/mol. The van der Waals surface area contributed by atoms with Crippen molar-refractivity contribution in [2.24, 2.45) is 11.3 Å². The first-order valence-electron chi connectivity index (χ1n) is 8.65. The Morgan fingerprint density at radius 3 is 2.65 bits per heavy atom. The second-order valence-corrected chi connectivity index (χ2v) is 7.12. The molecule has 1 saturated heterocycles. The molecular weight excluding hydrogens is 248 g/mol. The van der Waals surface area contributed by atoms with Crippen LogP contribution in [0.1, 0.15) is 52.4 Å². The van der Waals surface area contributed by atoms with E-state index in [0.717, 1.165) is 13.1 Å². The number of piperidine rings is 1. The van der Waals surface area contributed by atoms with Gasteiger partial charge in [0, 0.05) is 26.7 Å². The van der Waals surface area contributed by atoms with Crippen LogP contribution in [0.25, 0.3) is 0 Å². The fourth-order valence-corrected chi connectivity index (χ4v) is 4.11. The summed E-state index contributed by atoms with van der Waals surface area (Å²) < 4.78 is 5.68. The van der Waals surface area contributed by atoms with Gasteiger partial charge < -0.3 is 15.0 Å². The van der Waals surface area contributed by atoms with Gasteiger partial charge in [-0.25, -0.2) is 0 Å². The van der Waals surface area contributed by atoms with Gasteiger partial charge in [-0.15, -0.1) is 0 Å². The number of nitrogens with zero attached hydrogens (tertiary/aromatic N) is 1. The second-order valence-electron chi connectivity index (χ2n) is 7.12. The minimum atomic E-state index is 0.434. The lowest BCUT2D eigenvalue weighted by molar-refractivity contribution is -0.0227. The number of ether oxygens (including phenoxy) is 1. The van der Waals surface area contributed by atoms with E-state index in [9.17, 15) is 0 Å². The third-order valence-corrected chi connectivity index (χ3v) is 5.50. The van der Waals surface area contributed by atoms with Crippen LogP contribution in [-0.4, -0.2) is 50.8 Å². The fraction of sp³-hybridized carbons (Fsp3) is 1.00. The van der Waals surface area contributed by atoms with Crippen LogP contribution in [0.5, 0.6) is 0 Å². The summed E-state index contributed by atoms with van der Waals surface area (Å²) in [5.41, 5.74) is 0.521. The van der Waals surface area contributed by atoms with Crippen molar-refractivity contribution in [1.29, 1.82) is 0 Å². The highest BCUT2D eigenvalue weighted by Gasteiger charge is 2.36. The van der Waals surface area contributed by atoms with E-state index >= 15 is 0 Å². The van der Waals surface area contributed by atoms with E-state index < -0.39 is 0 Å². The standard InChI is InChI=1S/C17H34N2O/c1-4-18-13-17(9-6-5-7-10-17)14-19-11-8-15(2)16(12-19)20-3/h15-16,18H,4-14H2,1-3H3. The predicted octanol–water partition coefficient (Wildman–Crippen LogP) is 2.90. The van der Waals surface area contributed by atoms with Crippen molar-refractivity contribution in [2.45, 2.75) is 58.5 Å². The van der Waals surface area contributed by atoms with E-state index in [1.165, 1.54) is 58.2 Å². The molecule has 2 atom stereocenters. The minimum absolute atomic E-state index is 0.434. The Hall–Kier alpha value is -0.120. The maximum absolute atomic E-state index is 5.68. The molecular formula is C17H34N2O. The molecule has 0 aromatic heterocycles. The summed E-state index contributed by atoms with van der Waals surface area (Å²) in [6.45, 7) is 10.5. The highest BCUT2D eigenvalue weighted by atomic mass is 16.5. The van der Waals surface area contributed by atoms with Crippen LogP contribution in [-0.2, 0) is 4.74 Å². The molecule has 0 bridgehead atoms. The van der Waals surface area contributed by atoms with Gasteiger partial charge in [-0.1, -0.05) is 33.1 Å². The number of likely N-dealkylation sites (tertiary alicyclic amines) is 1. The lowest BCUT2D eigenvalue weighted by Gasteiger charge is -2.44. The highest BCUT2D eigenvalue weighted by Crippen LogP contribution is 2.37. The highest BCUT2D eigenvalue weighted by molar-refractivity contribution is 4.90. The smallest absolute Gasteiger partial charge is 0.0724 e. The molecule has 0 spiro atoms. The van der Waals surface area contributed by atoms with E-state index in [4.69, 9.17) is 4.74 Å². The SMILES string of the molecule is CCNCC1(CN2CCC(C)C(OC)C2)CCCCC1. The van der Waals surface area contributed by atoms with Crippen LogP contribution in [0.2, 0.25) is 0 Å². The average Bonchev–Trinajstić information content (AvgIpc) is 2.48. The molecule has 2 aliphatic rings. The summed E-state index contributed by atoms with van der Waals surface area (Å²) in [5.74, 6) is 0.715. The molecule has 1 saturated carbocycles. The Balaban J connectivity index is 1.93. The zero-order valence-corrected chi connectivity index (χ0v) is 13.8. The summed E-state index contributed by atoms with van der Waals surface area (Å²) in [6, 6.07) is 0. The van der Waals surface area contributed by atoms with Gasteiger partial charge in [0.15, 0.2) is 0 Å². The van der Waals surface area contributed by atoms with Gasteiger partial charge in [0.2, 0.25) is 0 Å². The topological polar surface area (TPSA) is 24.5 Å². The third kappa shape index (κ3) is 4.19. The van der Waals surface area contributed by atoms with Crippen molar-refractivity contribution in [1.82, 2.24) is 10.2 Å². The number of nitrogens with one attached hydrogen (secondary N) is 1. The molecule has 3 nitrogen and oxygen atoms in total. The maximum atomic E-state index is 5.68. The lowest BCUT2D eigenvalue weighted by Crippen LogP contribution is -2.51. The van der Waals surface area contributed by atoms with Crippen molar-refractivity contribution in [3.05, 3.63) is 0 Å². The molecule has 0 amide bonds. The van der Waals surface area contributed by atoms with Gasteiger partial charge in [0.25, 0.3) is 0 Å². The maximum Gasteiger partial charge on any atom is 0.0724 e. The molecule has 1 heterocycles. The number of methoxy groups -OCH3 is 1.